The number of phenols is 1. The fourth-order valence-corrected chi connectivity index (χ4v) is 6.33. The zero-order valence-electron chi connectivity index (χ0n) is 25.6. The molecule has 0 radical (unpaired) electrons. The number of ketones is 2. The zero-order valence-corrected chi connectivity index (χ0v) is 27.3. The molecule has 244 valence electrons. The number of aromatic hydroxyl groups is 1. The Balaban J connectivity index is 0.00000337. The lowest BCUT2D eigenvalue weighted by molar-refractivity contribution is -0.148. The Labute approximate surface area is 268 Å². The predicted octanol–water partition coefficient (Wildman–Crippen LogP) is 1.36. The molecule has 0 fully saturated rings. The van der Waals surface area contributed by atoms with Crippen LogP contribution in [0.15, 0.2) is 28.7 Å². The van der Waals surface area contributed by atoms with Crippen LogP contribution in [0, 0.1) is 11.8 Å². The largest absolute Gasteiger partial charge is 0.510 e. The van der Waals surface area contributed by atoms with Gasteiger partial charge in [-0.2, -0.15) is 0 Å². The molecule has 0 heterocycles. The number of Topliss-reactive ketones (excluding diaryl/α,β-unsaturated/α-hetero) is 2. The first-order valence-electron chi connectivity index (χ1n) is 13.6. The predicted molar refractivity (Wildman–Crippen MR) is 169 cm³/mol. The van der Waals surface area contributed by atoms with Gasteiger partial charge in [0.2, 0.25) is 11.7 Å². The van der Waals surface area contributed by atoms with Gasteiger partial charge in [0.25, 0.3) is 5.91 Å². The molecule has 0 saturated carbocycles. The number of halogens is 2. The Morgan fingerprint density at radius 3 is 2.18 bits per heavy atom. The topological polar surface area (TPSA) is 206 Å². The summed E-state index contributed by atoms with van der Waals surface area (Å²) in [6, 6.07) is 0.487. The van der Waals surface area contributed by atoms with Crippen LogP contribution in [-0.4, -0.2) is 101 Å². The molecule has 8 N–H and O–H groups in total. The lowest BCUT2D eigenvalue weighted by atomic mass is 9.58. The maximum Gasteiger partial charge on any atom is 0.255 e. The molecule has 4 atom stereocenters. The van der Waals surface area contributed by atoms with E-state index in [0.717, 1.165) is 0 Å². The summed E-state index contributed by atoms with van der Waals surface area (Å²) in [4.78, 5) is 55.6. The van der Waals surface area contributed by atoms with E-state index in [9.17, 15) is 39.6 Å². The van der Waals surface area contributed by atoms with Crippen molar-refractivity contribution in [3.05, 3.63) is 39.9 Å². The number of phenolic OH excluding ortho intramolecular Hbond substituents is 1. The van der Waals surface area contributed by atoms with E-state index < -0.39 is 69.7 Å². The summed E-state index contributed by atoms with van der Waals surface area (Å²) in [6.45, 7) is 5.60. The van der Waals surface area contributed by atoms with Crippen LogP contribution in [0.4, 0.5) is 11.4 Å². The van der Waals surface area contributed by atoms with E-state index in [1.807, 2.05) is 20.8 Å². The molecule has 0 unspecified atom stereocenters. The van der Waals surface area contributed by atoms with Crippen molar-refractivity contribution in [2.24, 2.45) is 17.6 Å². The minimum atomic E-state index is -2.73. The number of allylic oxidation sites excluding steroid dienone is 1. The first kappa shape index (κ1) is 36.8. The van der Waals surface area contributed by atoms with Crippen molar-refractivity contribution in [3.63, 3.8) is 0 Å². The van der Waals surface area contributed by atoms with E-state index in [2.05, 4.69) is 10.6 Å². The molecule has 15 heteroatoms. The number of likely N-dealkylation sites (N-methyl/N-ethyl adjacent to an activating group) is 1. The number of hydrogen-bond donors (Lipinski definition) is 7. The first-order chi connectivity index (χ1) is 19.3. The normalized spacial score (nSPS) is 24.5. The molecule has 0 bridgehead atoms. The second-order valence-electron chi connectivity index (χ2n) is 12.7. The van der Waals surface area contributed by atoms with E-state index in [1.165, 1.54) is 4.90 Å². The van der Waals surface area contributed by atoms with E-state index in [4.69, 9.17) is 5.73 Å². The van der Waals surface area contributed by atoms with Gasteiger partial charge in [0, 0.05) is 36.8 Å². The highest BCUT2D eigenvalue weighted by Crippen LogP contribution is 2.53. The van der Waals surface area contributed by atoms with E-state index in [-0.39, 0.29) is 66.6 Å². The molecule has 0 aromatic heterocycles. The third-order valence-electron chi connectivity index (χ3n) is 8.23. The Morgan fingerprint density at radius 2 is 1.68 bits per heavy atom. The molecule has 0 aliphatic heterocycles. The van der Waals surface area contributed by atoms with Gasteiger partial charge in [-0.15, -0.1) is 24.8 Å². The average Bonchev–Trinajstić information content (AvgIpc) is 2.85. The molecule has 3 aliphatic rings. The van der Waals surface area contributed by atoms with Crippen molar-refractivity contribution in [3.8, 4) is 5.75 Å². The van der Waals surface area contributed by atoms with Crippen LogP contribution in [0.5, 0.6) is 5.75 Å². The number of amides is 2. The van der Waals surface area contributed by atoms with Gasteiger partial charge in [-0.05, 0) is 65.3 Å². The number of anilines is 2. The zero-order chi connectivity index (χ0) is 31.6. The van der Waals surface area contributed by atoms with Gasteiger partial charge in [-0.25, -0.2) is 0 Å². The summed E-state index contributed by atoms with van der Waals surface area (Å²) in [5, 5.41) is 51.1. The van der Waals surface area contributed by atoms with E-state index >= 15 is 0 Å². The van der Waals surface area contributed by atoms with Gasteiger partial charge in [0.1, 0.15) is 17.1 Å². The lowest BCUT2D eigenvalue weighted by Gasteiger charge is -2.50. The summed E-state index contributed by atoms with van der Waals surface area (Å²) < 4.78 is 0. The van der Waals surface area contributed by atoms with Gasteiger partial charge >= 0.3 is 0 Å². The van der Waals surface area contributed by atoms with Crippen LogP contribution >= 0.6 is 24.8 Å². The summed E-state index contributed by atoms with van der Waals surface area (Å²) in [5.41, 5.74) is 1.96. The number of nitrogens with zero attached hydrogens (tertiary/aromatic N) is 2. The number of aliphatic hydroxyl groups excluding tert-OH is 2. The number of benzene rings is 1. The van der Waals surface area contributed by atoms with Crippen LogP contribution in [0.25, 0.3) is 0 Å². The van der Waals surface area contributed by atoms with Crippen LogP contribution in [-0.2, 0) is 20.8 Å². The number of nitrogens with one attached hydrogen (secondary N) is 2. The molecule has 13 nitrogen and oxygen atoms in total. The molecule has 2 amide bonds. The summed E-state index contributed by atoms with van der Waals surface area (Å²) >= 11 is 0. The molecule has 0 saturated heterocycles. The number of primary amides is 1. The summed E-state index contributed by atoms with van der Waals surface area (Å²) in [7, 11) is 6.62. The smallest absolute Gasteiger partial charge is 0.255 e. The monoisotopic (exact) mass is 657 g/mol. The van der Waals surface area contributed by atoms with Crippen molar-refractivity contribution in [1.29, 1.82) is 0 Å². The highest BCUT2D eigenvalue weighted by molar-refractivity contribution is 6.25. The SMILES string of the molecule is CN(C)c1cc(NC(=O)CNC(C)(C)C)c(O)c2c1C[C@H]1C[C@@H]3[C@H](N(C)C)C(O)=C(C(N)=O)C(=O)[C@@]3(O)C(O)=C1C2=O.Cl.Cl. The van der Waals surface area contributed by atoms with E-state index in [0.29, 0.717) is 11.3 Å². The molecule has 1 aromatic carbocycles. The van der Waals surface area contributed by atoms with Crippen molar-refractivity contribution in [2.75, 3.05) is 45.0 Å². The van der Waals surface area contributed by atoms with Gasteiger partial charge in [-0.1, -0.05) is 0 Å². The fraction of sp³-hybridized carbons (Fsp3) is 0.517. The second-order valence-corrected chi connectivity index (χ2v) is 12.7. The Hall–Kier alpha value is -3.36. The van der Waals surface area contributed by atoms with Crippen molar-refractivity contribution >= 4 is 59.6 Å². The van der Waals surface area contributed by atoms with Crippen LogP contribution in [0.2, 0.25) is 0 Å². The number of hydrogen-bond acceptors (Lipinski definition) is 11. The molecule has 1 aromatic rings. The minimum absolute atomic E-state index is 0. The third kappa shape index (κ3) is 5.86. The molecular weight excluding hydrogens is 617 g/mol. The van der Waals surface area contributed by atoms with Crippen LogP contribution in [0.3, 0.4) is 0 Å². The quantitative estimate of drug-likeness (QED) is 0.172. The number of nitrogens with two attached hydrogens (primary N) is 1. The third-order valence-corrected chi connectivity index (χ3v) is 8.23. The van der Waals surface area contributed by atoms with Crippen LogP contribution in [0.1, 0.15) is 43.1 Å². The summed E-state index contributed by atoms with van der Waals surface area (Å²) in [5.74, 6) is -7.79. The number of carbonyl (C=O) groups is 4. The van der Waals surface area contributed by atoms with Crippen LogP contribution < -0.4 is 21.3 Å². The molecule has 44 heavy (non-hydrogen) atoms. The minimum Gasteiger partial charge on any atom is -0.510 e. The maximum absolute atomic E-state index is 14.1. The van der Waals surface area contributed by atoms with Crippen molar-refractivity contribution < 1.29 is 39.6 Å². The second kappa shape index (κ2) is 12.6. The van der Waals surface area contributed by atoms with Gasteiger partial charge < -0.3 is 41.7 Å². The first-order valence-corrected chi connectivity index (χ1v) is 13.6. The molecule has 0 spiro atoms. The number of aliphatic hydroxyl groups is 3. The highest BCUT2D eigenvalue weighted by Gasteiger charge is 2.63. The van der Waals surface area contributed by atoms with Crippen molar-refractivity contribution in [2.45, 2.75) is 50.8 Å². The standard InChI is InChI=1S/C29H39N5O8.2ClH/c1-28(2,3)31-11-17(35)32-15-10-16(33(4)5)13-8-12-9-14-21(34(6)7)24(38)20(27(30)41)26(40)29(14,42)25(39)18(12)23(37)19(13)22(15)36;;/h10,12,14,21,31,36,38-39,42H,8-9,11H2,1-7H3,(H2,30,41)(H,32,35);2*1H/t12-,14+,21-,29-;;/m0../s1. The van der Waals surface area contributed by atoms with Gasteiger partial charge in [0.15, 0.2) is 17.1 Å². The van der Waals surface area contributed by atoms with Gasteiger partial charge in [-0.3, -0.25) is 24.1 Å². The fourth-order valence-electron chi connectivity index (χ4n) is 6.33. The molecule has 4 rings (SSSR count). The maximum atomic E-state index is 14.1. The number of carbonyl (C=O) groups excluding carboxylic acids is 4. The Kier molecular flexibility index (Phi) is 10.5. The molecular formula is C29H41Cl2N5O8. The number of rotatable bonds is 6. The lowest BCUT2D eigenvalue weighted by Crippen LogP contribution is -2.63. The Morgan fingerprint density at radius 1 is 1.09 bits per heavy atom. The van der Waals surface area contributed by atoms with E-state index in [1.54, 1.807) is 39.2 Å². The average molecular weight is 659 g/mol. The summed E-state index contributed by atoms with van der Waals surface area (Å²) in [6.07, 6.45) is 0.117. The Bertz CT molecular complexity index is 1470. The highest BCUT2D eigenvalue weighted by atomic mass is 35.5. The molecule has 3 aliphatic carbocycles. The number of fused-ring (bicyclic) bond motifs is 3. The van der Waals surface area contributed by atoms with Crippen molar-refractivity contribution in [1.82, 2.24) is 10.2 Å². The van der Waals surface area contributed by atoms with Gasteiger partial charge in [0.05, 0.1) is 23.8 Å².